The highest BCUT2D eigenvalue weighted by Gasteiger charge is 2.28. The summed E-state index contributed by atoms with van der Waals surface area (Å²) in [6.07, 6.45) is 9.42. The standard InChI is InChI=1S/C21H31Cl2N3O/c1-13(2)16-10-20(26-19-8-7-15(22)9-18(19)23)24-12-17(16)21(27)25-11-14-5-3-4-6-14/h10,12-15,18-19H,3-9,11H2,1-2H3,(H,24,26)(H,25,27). The van der Waals surface area contributed by atoms with Crippen molar-refractivity contribution >= 4 is 34.9 Å². The van der Waals surface area contributed by atoms with Crippen LogP contribution in [0.4, 0.5) is 5.82 Å². The summed E-state index contributed by atoms with van der Waals surface area (Å²) in [5.74, 6) is 1.64. The predicted molar refractivity (Wildman–Crippen MR) is 113 cm³/mol. The average Bonchev–Trinajstić information content (AvgIpc) is 3.15. The predicted octanol–water partition coefficient (Wildman–Crippen LogP) is 5.30. The lowest BCUT2D eigenvalue weighted by Crippen LogP contribution is -2.36. The lowest BCUT2D eigenvalue weighted by atomic mass is 9.94. The highest BCUT2D eigenvalue weighted by atomic mass is 35.5. The van der Waals surface area contributed by atoms with Crippen LogP contribution in [-0.4, -0.2) is 34.2 Å². The van der Waals surface area contributed by atoms with E-state index in [2.05, 4.69) is 29.5 Å². The lowest BCUT2D eigenvalue weighted by Gasteiger charge is -2.31. The number of hydrogen-bond donors (Lipinski definition) is 2. The van der Waals surface area contributed by atoms with Gasteiger partial charge in [-0.1, -0.05) is 26.7 Å². The summed E-state index contributed by atoms with van der Waals surface area (Å²) >= 11 is 12.7. The molecule has 1 amide bonds. The van der Waals surface area contributed by atoms with Gasteiger partial charge in [-0.15, -0.1) is 23.2 Å². The molecule has 1 aromatic rings. The maximum Gasteiger partial charge on any atom is 0.253 e. The molecule has 3 atom stereocenters. The normalized spacial score (nSPS) is 26.3. The fourth-order valence-corrected chi connectivity index (χ4v) is 5.00. The highest BCUT2D eigenvalue weighted by Crippen LogP contribution is 2.30. The van der Waals surface area contributed by atoms with Crippen LogP contribution < -0.4 is 10.6 Å². The molecule has 2 N–H and O–H groups in total. The molecular formula is C21H31Cl2N3O. The molecule has 0 aromatic carbocycles. The smallest absolute Gasteiger partial charge is 0.253 e. The van der Waals surface area contributed by atoms with E-state index in [4.69, 9.17) is 23.2 Å². The number of nitrogens with one attached hydrogen (secondary N) is 2. The van der Waals surface area contributed by atoms with Crippen LogP contribution in [0.15, 0.2) is 12.3 Å². The fraction of sp³-hybridized carbons (Fsp3) is 0.714. The maximum absolute atomic E-state index is 12.7. The number of carbonyl (C=O) groups excluding carboxylic acids is 1. The molecule has 0 spiro atoms. The average molecular weight is 412 g/mol. The van der Waals surface area contributed by atoms with Crippen molar-refractivity contribution < 1.29 is 4.79 Å². The van der Waals surface area contributed by atoms with Gasteiger partial charge < -0.3 is 10.6 Å². The second kappa shape index (κ2) is 9.47. The summed E-state index contributed by atoms with van der Waals surface area (Å²) < 4.78 is 0. The van der Waals surface area contributed by atoms with E-state index in [9.17, 15) is 4.79 Å². The Morgan fingerprint density at radius 2 is 1.96 bits per heavy atom. The molecular weight excluding hydrogens is 381 g/mol. The second-order valence-electron chi connectivity index (χ2n) is 8.35. The molecule has 2 fully saturated rings. The fourth-order valence-electron chi connectivity index (χ4n) is 4.18. The minimum atomic E-state index is -0.0116. The molecule has 2 aliphatic rings. The van der Waals surface area contributed by atoms with Gasteiger partial charge in [-0.25, -0.2) is 4.98 Å². The van der Waals surface area contributed by atoms with Crippen LogP contribution in [0.2, 0.25) is 0 Å². The number of hydrogen-bond acceptors (Lipinski definition) is 3. The lowest BCUT2D eigenvalue weighted by molar-refractivity contribution is 0.0945. The number of rotatable bonds is 6. The van der Waals surface area contributed by atoms with Crippen molar-refractivity contribution in [2.24, 2.45) is 5.92 Å². The highest BCUT2D eigenvalue weighted by molar-refractivity contribution is 6.24. The van der Waals surface area contributed by atoms with Crippen molar-refractivity contribution in [2.75, 3.05) is 11.9 Å². The number of alkyl halides is 2. The molecule has 27 heavy (non-hydrogen) atoms. The third-order valence-electron chi connectivity index (χ3n) is 5.87. The monoisotopic (exact) mass is 411 g/mol. The largest absolute Gasteiger partial charge is 0.366 e. The molecule has 0 bridgehead atoms. The van der Waals surface area contributed by atoms with Gasteiger partial charge in [0, 0.05) is 24.2 Å². The molecule has 1 aromatic heterocycles. The zero-order chi connectivity index (χ0) is 19.4. The van der Waals surface area contributed by atoms with Gasteiger partial charge >= 0.3 is 0 Å². The molecule has 0 radical (unpaired) electrons. The van der Waals surface area contributed by atoms with Crippen molar-refractivity contribution in [3.05, 3.63) is 23.4 Å². The quantitative estimate of drug-likeness (QED) is 0.623. The number of carbonyl (C=O) groups is 1. The minimum Gasteiger partial charge on any atom is -0.366 e. The number of pyridine rings is 1. The Bertz CT molecular complexity index is 646. The summed E-state index contributed by atoms with van der Waals surface area (Å²) in [5, 5.41) is 6.73. The number of halogens is 2. The van der Waals surface area contributed by atoms with E-state index in [1.54, 1.807) is 6.20 Å². The molecule has 2 saturated carbocycles. The van der Waals surface area contributed by atoms with Crippen LogP contribution >= 0.6 is 23.2 Å². The van der Waals surface area contributed by atoms with Crippen molar-refractivity contribution in [2.45, 2.75) is 81.5 Å². The van der Waals surface area contributed by atoms with E-state index in [1.165, 1.54) is 25.7 Å². The summed E-state index contributed by atoms with van der Waals surface area (Å²) in [4.78, 5) is 17.2. The van der Waals surface area contributed by atoms with Crippen molar-refractivity contribution in [3.63, 3.8) is 0 Å². The van der Waals surface area contributed by atoms with Gasteiger partial charge in [-0.3, -0.25) is 4.79 Å². The first kappa shape index (κ1) is 20.7. The van der Waals surface area contributed by atoms with Gasteiger partial charge in [-0.2, -0.15) is 0 Å². The Labute approximate surface area is 172 Å². The van der Waals surface area contributed by atoms with Crippen LogP contribution in [0.25, 0.3) is 0 Å². The van der Waals surface area contributed by atoms with Gasteiger partial charge in [0.1, 0.15) is 5.82 Å². The molecule has 3 rings (SSSR count). The molecule has 6 heteroatoms. The van der Waals surface area contributed by atoms with Gasteiger partial charge in [0.15, 0.2) is 0 Å². The third-order valence-corrected chi connectivity index (χ3v) is 6.75. The molecule has 1 heterocycles. The van der Waals surface area contributed by atoms with Gasteiger partial charge in [0.25, 0.3) is 5.91 Å². The van der Waals surface area contributed by atoms with E-state index >= 15 is 0 Å². The Morgan fingerprint density at radius 3 is 2.63 bits per heavy atom. The Morgan fingerprint density at radius 1 is 1.22 bits per heavy atom. The molecule has 4 nitrogen and oxygen atoms in total. The zero-order valence-electron chi connectivity index (χ0n) is 16.3. The molecule has 0 saturated heterocycles. The van der Waals surface area contributed by atoms with Crippen LogP contribution in [-0.2, 0) is 0 Å². The summed E-state index contributed by atoms with van der Waals surface area (Å²) in [7, 11) is 0. The first-order valence-electron chi connectivity index (χ1n) is 10.3. The summed E-state index contributed by atoms with van der Waals surface area (Å²) in [6.45, 7) is 4.98. The SMILES string of the molecule is CC(C)c1cc(NC2CCC(Cl)CC2Cl)ncc1C(=O)NCC1CCCC1. The zero-order valence-corrected chi connectivity index (χ0v) is 17.8. The van der Waals surface area contributed by atoms with Crippen LogP contribution in [0.1, 0.15) is 80.6 Å². The molecule has 0 aliphatic heterocycles. The minimum absolute atomic E-state index is 0.0000585. The van der Waals surface area contributed by atoms with Crippen molar-refractivity contribution in [1.29, 1.82) is 0 Å². The first-order valence-corrected chi connectivity index (χ1v) is 11.1. The third kappa shape index (κ3) is 5.51. The number of anilines is 1. The van der Waals surface area contributed by atoms with Crippen LogP contribution in [0.3, 0.4) is 0 Å². The topological polar surface area (TPSA) is 54.0 Å². The first-order chi connectivity index (χ1) is 12.9. The Balaban J connectivity index is 1.67. The summed E-state index contributed by atoms with van der Waals surface area (Å²) in [5.41, 5.74) is 1.70. The molecule has 3 unspecified atom stereocenters. The van der Waals surface area contributed by atoms with Crippen molar-refractivity contribution in [1.82, 2.24) is 10.3 Å². The number of nitrogens with zero attached hydrogens (tertiary/aromatic N) is 1. The Kier molecular flexibility index (Phi) is 7.27. The van der Waals surface area contributed by atoms with Crippen molar-refractivity contribution in [3.8, 4) is 0 Å². The van der Waals surface area contributed by atoms with Crippen LogP contribution in [0, 0.1) is 5.92 Å². The molecule has 150 valence electrons. The van der Waals surface area contributed by atoms with E-state index in [-0.39, 0.29) is 28.6 Å². The van der Waals surface area contributed by atoms with Gasteiger partial charge in [-0.05, 0) is 55.6 Å². The maximum atomic E-state index is 12.7. The van der Waals surface area contributed by atoms with Gasteiger partial charge in [0.05, 0.1) is 10.9 Å². The van der Waals surface area contributed by atoms with Crippen LogP contribution in [0.5, 0.6) is 0 Å². The van der Waals surface area contributed by atoms with E-state index in [0.29, 0.717) is 11.5 Å². The van der Waals surface area contributed by atoms with E-state index in [0.717, 1.165) is 37.2 Å². The second-order valence-corrected chi connectivity index (χ2v) is 9.53. The van der Waals surface area contributed by atoms with E-state index in [1.807, 2.05) is 6.07 Å². The summed E-state index contributed by atoms with van der Waals surface area (Å²) in [6, 6.07) is 2.17. The number of aromatic nitrogens is 1. The van der Waals surface area contributed by atoms with Gasteiger partial charge in [0.2, 0.25) is 0 Å². The molecule has 2 aliphatic carbocycles. The number of amides is 1. The Hall–Kier alpha value is -1.00. The van der Waals surface area contributed by atoms with E-state index < -0.39 is 0 Å².